The summed E-state index contributed by atoms with van der Waals surface area (Å²) in [6.45, 7) is 0. The number of alkyl halides is 3. The molecule has 0 N–H and O–H groups in total. The van der Waals surface area contributed by atoms with Crippen LogP contribution in [0.2, 0.25) is 5.02 Å². The molecule has 2 aromatic carbocycles. The maximum atomic E-state index is 12.1. The highest BCUT2D eigenvalue weighted by molar-refractivity contribution is 7.98. The summed E-state index contributed by atoms with van der Waals surface area (Å²) in [4.78, 5) is 5.23. The van der Waals surface area contributed by atoms with Crippen LogP contribution in [0, 0.1) is 0 Å². The number of nitrogens with zero attached hydrogens (tertiary/aromatic N) is 2. The van der Waals surface area contributed by atoms with Gasteiger partial charge < -0.3 is 9.26 Å². The number of rotatable bonds is 5. The van der Waals surface area contributed by atoms with Crippen molar-refractivity contribution >= 4 is 23.4 Å². The fraction of sp³-hybridized carbons (Fsp3) is 0.125. The maximum Gasteiger partial charge on any atom is 0.573 e. The van der Waals surface area contributed by atoms with Crippen LogP contribution in [0.1, 0.15) is 5.89 Å². The van der Waals surface area contributed by atoms with Crippen LogP contribution < -0.4 is 4.74 Å². The van der Waals surface area contributed by atoms with Crippen LogP contribution >= 0.6 is 23.4 Å². The molecule has 0 aliphatic rings. The number of thioether (sulfide) groups is 1. The van der Waals surface area contributed by atoms with Crippen molar-refractivity contribution in [2.24, 2.45) is 0 Å². The maximum absolute atomic E-state index is 12.1. The van der Waals surface area contributed by atoms with E-state index in [0.29, 0.717) is 28.1 Å². The number of hydrogen-bond donors (Lipinski definition) is 0. The van der Waals surface area contributed by atoms with Gasteiger partial charge in [0.2, 0.25) is 11.7 Å². The first-order chi connectivity index (χ1) is 11.9. The van der Waals surface area contributed by atoms with E-state index >= 15 is 0 Å². The molecule has 25 heavy (non-hydrogen) atoms. The van der Waals surface area contributed by atoms with Crippen molar-refractivity contribution in [1.82, 2.24) is 10.1 Å². The van der Waals surface area contributed by atoms with Crippen molar-refractivity contribution in [3.8, 4) is 17.1 Å². The van der Waals surface area contributed by atoms with Crippen molar-refractivity contribution in [3.05, 3.63) is 59.4 Å². The van der Waals surface area contributed by atoms with E-state index in [2.05, 4.69) is 14.9 Å². The predicted octanol–water partition coefficient (Wildman–Crippen LogP) is 5.58. The van der Waals surface area contributed by atoms with Crippen LogP contribution in [0.3, 0.4) is 0 Å². The van der Waals surface area contributed by atoms with Crippen molar-refractivity contribution in [2.75, 3.05) is 0 Å². The summed E-state index contributed by atoms with van der Waals surface area (Å²) < 4.78 is 45.4. The topological polar surface area (TPSA) is 48.2 Å². The highest BCUT2D eigenvalue weighted by Gasteiger charge is 2.31. The van der Waals surface area contributed by atoms with E-state index in [1.54, 1.807) is 12.1 Å². The van der Waals surface area contributed by atoms with E-state index in [1.807, 2.05) is 12.1 Å². The van der Waals surface area contributed by atoms with Crippen LogP contribution in [0.4, 0.5) is 13.2 Å². The smallest absolute Gasteiger partial charge is 0.406 e. The van der Waals surface area contributed by atoms with Crippen LogP contribution in [0.25, 0.3) is 11.4 Å². The molecular weight excluding hydrogens is 377 g/mol. The van der Waals surface area contributed by atoms with E-state index in [1.165, 1.54) is 36.0 Å². The van der Waals surface area contributed by atoms with Gasteiger partial charge in [0, 0.05) is 15.5 Å². The molecule has 0 aliphatic heterocycles. The molecule has 0 amide bonds. The number of ether oxygens (including phenoxy) is 1. The third kappa shape index (κ3) is 5.14. The van der Waals surface area contributed by atoms with E-state index in [9.17, 15) is 13.2 Å². The molecule has 9 heteroatoms. The van der Waals surface area contributed by atoms with E-state index in [-0.39, 0.29) is 5.75 Å². The molecule has 0 unspecified atom stereocenters. The fourth-order valence-electron chi connectivity index (χ4n) is 1.91. The Balaban J connectivity index is 1.63. The Morgan fingerprint density at radius 1 is 1.04 bits per heavy atom. The minimum atomic E-state index is -4.72. The number of aromatic nitrogens is 2. The van der Waals surface area contributed by atoms with Gasteiger partial charge in [0.25, 0.3) is 0 Å². The van der Waals surface area contributed by atoms with Gasteiger partial charge in [-0.15, -0.1) is 24.9 Å². The summed E-state index contributed by atoms with van der Waals surface area (Å²) in [5, 5.41) is 4.49. The van der Waals surface area contributed by atoms with Crippen molar-refractivity contribution < 1.29 is 22.4 Å². The van der Waals surface area contributed by atoms with Crippen molar-refractivity contribution in [3.63, 3.8) is 0 Å². The molecular formula is C16H10ClF3N2O2S. The van der Waals surface area contributed by atoms with Crippen LogP contribution in [-0.2, 0) is 5.75 Å². The summed E-state index contributed by atoms with van der Waals surface area (Å²) >= 11 is 7.32. The Bertz CT molecular complexity index is 836. The zero-order valence-corrected chi connectivity index (χ0v) is 14.0. The van der Waals surface area contributed by atoms with Crippen LogP contribution in [0.15, 0.2) is 57.9 Å². The molecule has 0 bridgehead atoms. The molecule has 0 spiro atoms. The zero-order chi connectivity index (χ0) is 17.9. The molecule has 0 saturated heterocycles. The summed E-state index contributed by atoms with van der Waals surface area (Å²) in [6, 6.07) is 12.6. The number of benzene rings is 2. The molecule has 1 heterocycles. The van der Waals surface area contributed by atoms with E-state index < -0.39 is 6.36 Å². The summed E-state index contributed by atoms with van der Waals surface area (Å²) in [6.07, 6.45) is -4.72. The summed E-state index contributed by atoms with van der Waals surface area (Å²) in [7, 11) is 0. The van der Waals surface area contributed by atoms with Gasteiger partial charge in [-0.1, -0.05) is 16.8 Å². The van der Waals surface area contributed by atoms with Crippen LogP contribution in [0.5, 0.6) is 5.75 Å². The molecule has 4 nitrogen and oxygen atoms in total. The first-order valence-corrected chi connectivity index (χ1v) is 8.32. The average Bonchev–Trinajstić information content (AvgIpc) is 3.02. The summed E-state index contributed by atoms with van der Waals surface area (Å²) in [5.74, 6) is 0.860. The molecule has 130 valence electrons. The Morgan fingerprint density at radius 2 is 1.72 bits per heavy atom. The number of hydrogen-bond acceptors (Lipinski definition) is 5. The first-order valence-electron chi connectivity index (χ1n) is 6.96. The van der Waals surface area contributed by atoms with E-state index in [4.69, 9.17) is 16.1 Å². The highest BCUT2D eigenvalue weighted by atomic mass is 35.5. The first kappa shape index (κ1) is 17.6. The van der Waals surface area contributed by atoms with Gasteiger partial charge in [-0.25, -0.2) is 0 Å². The minimum Gasteiger partial charge on any atom is -0.406 e. The molecule has 0 atom stereocenters. The van der Waals surface area contributed by atoms with Gasteiger partial charge in [-0.05, 0) is 48.5 Å². The van der Waals surface area contributed by atoms with Gasteiger partial charge in [0.15, 0.2) is 0 Å². The number of halogens is 4. The molecule has 3 rings (SSSR count). The lowest BCUT2D eigenvalue weighted by atomic mass is 10.2. The average molecular weight is 387 g/mol. The lowest BCUT2D eigenvalue weighted by molar-refractivity contribution is -0.274. The fourth-order valence-corrected chi connectivity index (χ4v) is 2.77. The Labute approximate surface area is 149 Å². The van der Waals surface area contributed by atoms with Gasteiger partial charge in [-0.3, -0.25) is 0 Å². The second kappa shape index (κ2) is 7.37. The highest BCUT2D eigenvalue weighted by Crippen LogP contribution is 2.27. The molecule has 0 aliphatic carbocycles. The predicted molar refractivity (Wildman–Crippen MR) is 87.4 cm³/mol. The van der Waals surface area contributed by atoms with Crippen molar-refractivity contribution in [1.29, 1.82) is 0 Å². The third-order valence-corrected chi connectivity index (χ3v) is 4.24. The molecule has 0 fully saturated rings. The zero-order valence-electron chi connectivity index (χ0n) is 12.5. The van der Waals surface area contributed by atoms with Gasteiger partial charge in [0.05, 0.1) is 5.75 Å². The summed E-state index contributed by atoms with van der Waals surface area (Å²) in [5.41, 5.74) is 0.529. The van der Waals surface area contributed by atoms with Gasteiger partial charge in [-0.2, -0.15) is 4.98 Å². The van der Waals surface area contributed by atoms with Crippen LogP contribution in [-0.4, -0.2) is 16.5 Å². The van der Waals surface area contributed by atoms with Gasteiger partial charge >= 0.3 is 6.36 Å². The standard InChI is InChI=1S/C16H10ClF3N2O2S/c17-11-3-7-13(8-4-11)25-9-14-21-15(22-24-14)10-1-5-12(6-2-10)23-16(18,19)20/h1-8H,9H2. The molecule has 0 saturated carbocycles. The Morgan fingerprint density at radius 3 is 2.36 bits per heavy atom. The van der Waals surface area contributed by atoms with E-state index in [0.717, 1.165) is 4.90 Å². The monoisotopic (exact) mass is 386 g/mol. The second-order valence-electron chi connectivity index (χ2n) is 4.83. The quantitative estimate of drug-likeness (QED) is 0.535. The normalized spacial score (nSPS) is 11.5. The van der Waals surface area contributed by atoms with Crippen molar-refractivity contribution in [2.45, 2.75) is 17.0 Å². The lowest BCUT2D eigenvalue weighted by Crippen LogP contribution is -2.16. The second-order valence-corrected chi connectivity index (χ2v) is 6.31. The largest absolute Gasteiger partial charge is 0.573 e. The molecule has 3 aromatic rings. The lowest BCUT2D eigenvalue weighted by Gasteiger charge is -2.08. The molecule has 1 aromatic heterocycles. The van der Waals surface area contributed by atoms with Gasteiger partial charge in [0.1, 0.15) is 5.75 Å². The SMILES string of the molecule is FC(F)(F)Oc1ccc(-c2noc(CSc3ccc(Cl)cc3)n2)cc1. The molecule has 0 radical (unpaired) electrons. The Hall–Kier alpha value is -2.19. The third-order valence-electron chi connectivity index (χ3n) is 2.99. The Kier molecular flexibility index (Phi) is 5.19. The minimum absolute atomic E-state index is 0.297.